The largest absolute Gasteiger partial charge is 0.287 e. The highest BCUT2D eigenvalue weighted by Crippen LogP contribution is 2.16. The zero-order valence-corrected chi connectivity index (χ0v) is 13.5. The van der Waals surface area contributed by atoms with E-state index in [-0.39, 0.29) is 22.5 Å². The lowest BCUT2D eigenvalue weighted by Crippen LogP contribution is -2.33. The van der Waals surface area contributed by atoms with E-state index >= 15 is 0 Å². The topological polar surface area (TPSA) is 67.6 Å². The third kappa shape index (κ3) is 3.28. The second-order valence-corrected chi connectivity index (χ2v) is 5.73. The van der Waals surface area contributed by atoms with Gasteiger partial charge in [-0.05, 0) is 5.56 Å². The minimum Gasteiger partial charge on any atom is -0.271 e. The molecule has 2 aromatic rings. The summed E-state index contributed by atoms with van der Waals surface area (Å²) >= 11 is 11.5. The van der Waals surface area contributed by atoms with Gasteiger partial charge in [0.15, 0.2) is 0 Å². The van der Waals surface area contributed by atoms with Crippen LogP contribution in [0.4, 0.5) is 0 Å². The maximum Gasteiger partial charge on any atom is 0.287 e. The molecule has 1 amide bonds. The summed E-state index contributed by atoms with van der Waals surface area (Å²) in [5, 5.41) is 9.40. The molecule has 1 aromatic carbocycles. The quantitative estimate of drug-likeness (QED) is 0.851. The normalized spacial score (nSPS) is 14.0. The average molecular weight is 351 g/mol. The molecule has 1 aromatic heterocycles. The first-order valence-corrected chi connectivity index (χ1v) is 7.66. The maximum absolute atomic E-state index is 12.3. The first-order valence-electron chi connectivity index (χ1n) is 6.90. The highest BCUT2D eigenvalue weighted by atomic mass is 35.5. The van der Waals surface area contributed by atoms with Gasteiger partial charge in [0, 0.05) is 6.42 Å². The summed E-state index contributed by atoms with van der Waals surface area (Å²) < 4.78 is 0.979. The van der Waals surface area contributed by atoms with Crippen LogP contribution in [0.25, 0.3) is 0 Å². The molecule has 0 bridgehead atoms. The maximum atomic E-state index is 12.3. The van der Waals surface area contributed by atoms with E-state index in [1.54, 1.807) is 0 Å². The lowest BCUT2D eigenvalue weighted by molar-refractivity contribution is -0.131. The summed E-state index contributed by atoms with van der Waals surface area (Å²) in [6, 6.07) is 9.64. The smallest absolute Gasteiger partial charge is 0.271 e. The van der Waals surface area contributed by atoms with Gasteiger partial charge >= 0.3 is 0 Å². The van der Waals surface area contributed by atoms with E-state index in [2.05, 4.69) is 10.2 Å². The van der Waals surface area contributed by atoms with E-state index in [0.29, 0.717) is 13.0 Å². The predicted molar refractivity (Wildman–Crippen MR) is 87.8 cm³/mol. The van der Waals surface area contributed by atoms with Crippen molar-refractivity contribution in [2.45, 2.75) is 13.0 Å². The van der Waals surface area contributed by atoms with Crippen LogP contribution < -0.4 is 5.56 Å². The Morgan fingerprint density at radius 2 is 1.96 bits per heavy atom. The van der Waals surface area contributed by atoms with Gasteiger partial charge in [0.05, 0.1) is 23.5 Å². The van der Waals surface area contributed by atoms with Crippen molar-refractivity contribution in [3.63, 3.8) is 0 Å². The molecule has 0 radical (unpaired) electrons. The number of amides is 1. The van der Waals surface area contributed by atoms with E-state index in [1.807, 2.05) is 30.3 Å². The zero-order chi connectivity index (χ0) is 16.4. The highest BCUT2D eigenvalue weighted by Gasteiger charge is 2.22. The Kier molecular flexibility index (Phi) is 4.45. The molecule has 6 nitrogen and oxygen atoms in total. The van der Waals surface area contributed by atoms with E-state index < -0.39 is 5.56 Å². The number of nitrogens with zero attached hydrogens (tertiary/aromatic N) is 4. The van der Waals surface area contributed by atoms with Gasteiger partial charge in [-0.2, -0.15) is 10.2 Å². The highest BCUT2D eigenvalue weighted by molar-refractivity contribution is 6.41. The van der Waals surface area contributed by atoms with Crippen LogP contribution in [0.2, 0.25) is 10.0 Å². The molecule has 8 heteroatoms. The van der Waals surface area contributed by atoms with Crippen molar-refractivity contribution in [2.24, 2.45) is 5.10 Å². The molecule has 0 atom stereocenters. The molecule has 0 spiro atoms. The molecule has 0 unspecified atom stereocenters. The SMILES string of the molecule is O=C(Cn1ncc(Cl)c(Cl)c1=O)N1CCC(c2ccccc2)=N1. The number of carbonyl (C=O) groups is 1. The van der Waals surface area contributed by atoms with E-state index in [4.69, 9.17) is 23.2 Å². The van der Waals surface area contributed by atoms with Crippen molar-refractivity contribution >= 4 is 34.8 Å². The van der Waals surface area contributed by atoms with Gasteiger partial charge in [-0.3, -0.25) is 9.59 Å². The van der Waals surface area contributed by atoms with Crippen LogP contribution >= 0.6 is 23.2 Å². The van der Waals surface area contributed by atoms with Crippen LogP contribution in [0.5, 0.6) is 0 Å². The zero-order valence-electron chi connectivity index (χ0n) is 11.9. The molecular weight excluding hydrogens is 339 g/mol. The summed E-state index contributed by atoms with van der Waals surface area (Å²) in [5.74, 6) is -0.330. The first kappa shape index (κ1) is 15.7. The Balaban J connectivity index is 1.76. The number of rotatable bonds is 3. The van der Waals surface area contributed by atoms with Crippen molar-refractivity contribution in [2.75, 3.05) is 6.54 Å². The molecule has 3 rings (SSSR count). The van der Waals surface area contributed by atoms with Gasteiger partial charge in [-0.25, -0.2) is 9.69 Å². The van der Waals surface area contributed by atoms with Gasteiger partial charge in [-0.1, -0.05) is 53.5 Å². The monoisotopic (exact) mass is 350 g/mol. The molecule has 1 aliphatic heterocycles. The fourth-order valence-electron chi connectivity index (χ4n) is 2.24. The number of halogens is 2. The second kappa shape index (κ2) is 6.52. The van der Waals surface area contributed by atoms with Gasteiger partial charge in [0.25, 0.3) is 11.5 Å². The van der Waals surface area contributed by atoms with Crippen LogP contribution in [-0.4, -0.2) is 33.0 Å². The minimum absolute atomic E-state index is 0.0610. The number of hydrogen-bond acceptors (Lipinski definition) is 4. The number of hydrogen-bond donors (Lipinski definition) is 0. The third-order valence-electron chi connectivity index (χ3n) is 3.42. The van der Waals surface area contributed by atoms with Crippen molar-refractivity contribution in [3.05, 3.63) is 62.5 Å². The Morgan fingerprint density at radius 1 is 1.22 bits per heavy atom. The van der Waals surface area contributed by atoms with Gasteiger partial charge < -0.3 is 0 Å². The Morgan fingerprint density at radius 3 is 2.70 bits per heavy atom. The molecular formula is C15H12Cl2N4O2. The van der Waals surface area contributed by atoms with E-state index in [1.165, 1.54) is 11.2 Å². The second-order valence-electron chi connectivity index (χ2n) is 4.95. The number of aromatic nitrogens is 2. The molecule has 23 heavy (non-hydrogen) atoms. The minimum atomic E-state index is -0.598. The number of benzene rings is 1. The standard InChI is InChI=1S/C15H12Cl2N4O2/c16-11-8-18-21(15(23)14(11)17)9-13(22)20-7-6-12(19-20)10-4-2-1-3-5-10/h1-5,8H,6-7,9H2. The first-order chi connectivity index (χ1) is 11.1. The molecule has 2 heterocycles. The molecule has 0 saturated heterocycles. The Labute approximate surface area is 141 Å². The lowest BCUT2D eigenvalue weighted by atomic mass is 10.1. The molecule has 0 fully saturated rings. The molecule has 0 aliphatic carbocycles. The fourth-order valence-corrected chi connectivity index (χ4v) is 2.51. The molecule has 1 aliphatic rings. The van der Waals surface area contributed by atoms with Crippen molar-refractivity contribution in [3.8, 4) is 0 Å². The van der Waals surface area contributed by atoms with Crippen molar-refractivity contribution < 1.29 is 4.79 Å². The lowest BCUT2D eigenvalue weighted by Gasteiger charge is -2.12. The van der Waals surface area contributed by atoms with E-state index in [9.17, 15) is 9.59 Å². The van der Waals surface area contributed by atoms with Crippen LogP contribution in [0.15, 0.2) is 46.4 Å². The number of carbonyl (C=O) groups excluding carboxylic acids is 1. The van der Waals surface area contributed by atoms with Crippen LogP contribution in [0.1, 0.15) is 12.0 Å². The summed E-state index contributed by atoms with van der Waals surface area (Å²) in [5.41, 5.74) is 1.22. The summed E-state index contributed by atoms with van der Waals surface area (Å²) in [6.45, 7) is 0.237. The van der Waals surface area contributed by atoms with Crippen LogP contribution in [0, 0.1) is 0 Å². The molecule has 118 valence electrons. The summed E-state index contributed by atoms with van der Waals surface area (Å²) in [4.78, 5) is 24.2. The number of hydrazone groups is 1. The third-order valence-corrected chi connectivity index (χ3v) is 4.17. The summed E-state index contributed by atoms with van der Waals surface area (Å²) in [6.07, 6.45) is 1.90. The molecule has 0 N–H and O–H groups in total. The fraction of sp³-hybridized carbons (Fsp3) is 0.200. The van der Waals surface area contributed by atoms with E-state index in [0.717, 1.165) is 16.0 Å². The van der Waals surface area contributed by atoms with Gasteiger partial charge in [0.1, 0.15) is 11.6 Å². The molecule has 0 saturated carbocycles. The van der Waals surface area contributed by atoms with Crippen LogP contribution in [-0.2, 0) is 11.3 Å². The Bertz CT molecular complexity index is 833. The van der Waals surface area contributed by atoms with Gasteiger partial charge in [0.2, 0.25) is 0 Å². The predicted octanol–water partition coefficient (Wildman–Crippen LogP) is 2.19. The average Bonchev–Trinajstić information content (AvgIpc) is 3.06. The summed E-state index contributed by atoms with van der Waals surface area (Å²) in [7, 11) is 0. The van der Waals surface area contributed by atoms with Gasteiger partial charge in [-0.15, -0.1) is 0 Å². The Hall–Kier alpha value is -2.18. The van der Waals surface area contributed by atoms with Crippen molar-refractivity contribution in [1.82, 2.24) is 14.8 Å². The van der Waals surface area contributed by atoms with Crippen LogP contribution in [0.3, 0.4) is 0 Å². The van der Waals surface area contributed by atoms with Crippen molar-refractivity contribution in [1.29, 1.82) is 0 Å².